The van der Waals surface area contributed by atoms with E-state index in [0.717, 1.165) is 81.8 Å². The monoisotopic (exact) mass is 512 g/mol. The van der Waals surface area contributed by atoms with Gasteiger partial charge < -0.3 is 14.2 Å². The van der Waals surface area contributed by atoms with Crippen molar-refractivity contribution in [2.24, 2.45) is 0 Å². The van der Waals surface area contributed by atoms with Crippen molar-refractivity contribution in [3.05, 3.63) is 42.6 Å². The first-order valence-electron chi connectivity index (χ1n) is 13.2. The zero-order chi connectivity index (χ0) is 26.0. The van der Waals surface area contributed by atoms with Crippen LogP contribution in [0.1, 0.15) is 69.9 Å². The summed E-state index contributed by atoms with van der Waals surface area (Å²) in [5, 5.41) is 7.70. The van der Waals surface area contributed by atoms with E-state index in [4.69, 9.17) is 4.74 Å². The van der Waals surface area contributed by atoms with Crippen LogP contribution in [0.4, 0.5) is 8.78 Å². The van der Waals surface area contributed by atoms with Crippen molar-refractivity contribution in [2.75, 3.05) is 7.11 Å². The molecule has 2 aliphatic carbocycles. The fraction of sp³-hybridized carbons (Fsp3) is 0.556. The van der Waals surface area contributed by atoms with E-state index in [1.807, 2.05) is 23.8 Å². The molecule has 0 bridgehead atoms. The standard InChI is InChI=1S/C27H34F2N6O2/c1-19-16-33(18-30-19)24-14-13-20(15-25(24)37-2)23-17-34(32-31-23)27(28,29)26(36)35(21-9-5-3-6-10-21)22-11-7-4-8-12-22/h13-18,21-22H,3-12H2,1-2H3. The van der Waals surface area contributed by atoms with Crippen molar-refractivity contribution in [3.8, 4) is 22.7 Å². The van der Waals surface area contributed by atoms with Gasteiger partial charge in [-0.25, -0.2) is 4.98 Å². The number of methoxy groups -OCH3 is 1. The van der Waals surface area contributed by atoms with Crippen molar-refractivity contribution in [1.29, 1.82) is 0 Å². The van der Waals surface area contributed by atoms with Gasteiger partial charge in [0, 0.05) is 23.8 Å². The van der Waals surface area contributed by atoms with Gasteiger partial charge in [0.05, 0.1) is 31.0 Å². The molecule has 2 heterocycles. The second-order valence-electron chi connectivity index (χ2n) is 10.2. The highest BCUT2D eigenvalue weighted by Gasteiger charge is 2.49. The van der Waals surface area contributed by atoms with Gasteiger partial charge in [0.1, 0.15) is 11.4 Å². The van der Waals surface area contributed by atoms with Gasteiger partial charge in [-0.2, -0.15) is 13.5 Å². The minimum atomic E-state index is -3.82. The van der Waals surface area contributed by atoms with Gasteiger partial charge in [-0.05, 0) is 44.7 Å². The molecule has 10 heteroatoms. The summed E-state index contributed by atoms with van der Waals surface area (Å²) in [4.78, 5) is 19.2. The number of nitrogens with zero attached hydrogens (tertiary/aromatic N) is 6. The predicted molar refractivity (Wildman–Crippen MR) is 135 cm³/mol. The van der Waals surface area contributed by atoms with Crippen LogP contribution in [0.15, 0.2) is 36.9 Å². The van der Waals surface area contributed by atoms with Gasteiger partial charge >= 0.3 is 12.0 Å². The summed E-state index contributed by atoms with van der Waals surface area (Å²) in [6.07, 6.45) is 13.9. The van der Waals surface area contributed by atoms with Gasteiger partial charge in [0.25, 0.3) is 0 Å². The molecule has 1 amide bonds. The van der Waals surface area contributed by atoms with Crippen molar-refractivity contribution in [2.45, 2.75) is 89.3 Å². The number of hydrogen-bond donors (Lipinski definition) is 0. The maximum Gasteiger partial charge on any atom is 0.424 e. The van der Waals surface area contributed by atoms with Gasteiger partial charge in [-0.15, -0.1) is 5.10 Å². The molecule has 2 aromatic heterocycles. The van der Waals surface area contributed by atoms with Crippen LogP contribution in [-0.2, 0) is 10.8 Å². The molecule has 2 aliphatic rings. The Morgan fingerprint density at radius 2 is 1.68 bits per heavy atom. The molecule has 8 nitrogen and oxygen atoms in total. The number of imidazole rings is 1. The highest BCUT2D eigenvalue weighted by atomic mass is 19.3. The number of ether oxygens (including phenoxy) is 1. The van der Waals surface area contributed by atoms with Crippen molar-refractivity contribution in [1.82, 2.24) is 29.4 Å². The molecule has 2 saturated carbocycles. The predicted octanol–water partition coefficient (Wildman–Crippen LogP) is 5.49. The summed E-state index contributed by atoms with van der Waals surface area (Å²) in [6.45, 7) is 1.89. The maximum atomic E-state index is 15.7. The minimum Gasteiger partial charge on any atom is -0.495 e. The van der Waals surface area contributed by atoms with Crippen LogP contribution in [0, 0.1) is 6.92 Å². The molecule has 0 saturated heterocycles. The molecule has 0 aliphatic heterocycles. The lowest BCUT2D eigenvalue weighted by Gasteiger charge is -2.42. The normalized spacial score (nSPS) is 17.6. The van der Waals surface area contributed by atoms with Crippen LogP contribution in [0.3, 0.4) is 0 Å². The molecule has 5 rings (SSSR count). The number of aryl methyl sites for hydroxylation is 1. The van der Waals surface area contributed by atoms with Crippen molar-refractivity contribution in [3.63, 3.8) is 0 Å². The lowest BCUT2D eigenvalue weighted by molar-refractivity contribution is -0.183. The summed E-state index contributed by atoms with van der Waals surface area (Å²) in [5.74, 6) is -0.626. The number of hydrogen-bond acceptors (Lipinski definition) is 5. The maximum absolute atomic E-state index is 15.7. The molecular formula is C27H34F2N6O2. The summed E-state index contributed by atoms with van der Waals surface area (Å²) >= 11 is 0. The number of aromatic nitrogens is 5. The molecule has 0 radical (unpaired) electrons. The average Bonchev–Trinajstić information content (AvgIpc) is 3.60. The SMILES string of the molecule is COc1cc(-c2cn(C(F)(F)C(=O)N(C3CCCCC3)C3CCCCC3)nn2)ccc1-n1cnc(C)c1. The minimum absolute atomic E-state index is 0.137. The van der Waals surface area contributed by atoms with E-state index < -0.39 is 12.0 Å². The van der Waals surface area contributed by atoms with Crippen molar-refractivity contribution < 1.29 is 18.3 Å². The van der Waals surface area contributed by atoms with E-state index in [2.05, 4.69) is 15.3 Å². The first-order chi connectivity index (χ1) is 17.9. The number of carbonyl (C=O) groups excluding carboxylic acids is 1. The summed E-state index contributed by atoms with van der Waals surface area (Å²) < 4.78 is 39.2. The van der Waals surface area contributed by atoms with E-state index in [0.29, 0.717) is 16.0 Å². The first-order valence-corrected chi connectivity index (χ1v) is 13.2. The number of carbonyl (C=O) groups is 1. The zero-order valence-electron chi connectivity index (χ0n) is 21.4. The molecule has 37 heavy (non-hydrogen) atoms. The Labute approximate surface area is 215 Å². The van der Waals surface area contributed by atoms with Gasteiger partial charge in [-0.1, -0.05) is 49.8 Å². The van der Waals surface area contributed by atoms with Crippen LogP contribution in [0.5, 0.6) is 5.75 Å². The quantitative estimate of drug-likeness (QED) is 0.418. The summed E-state index contributed by atoms with van der Waals surface area (Å²) in [6, 6.07) is 1.20. The van der Waals surface area contributed by atoms with Gasteiger partial charge in [-0.3, -0.25) is 4.79 Å². The average molecular weight is 513 g/mol. The van der Waals surface area contributed by atoms with Crippen molar-refractivity contribution >= 4 is 5.91 Å². The lowest BCUT2D eigenvalue weighted by atomic mass is 9.88. The number of benzene rings is 1. The van der Waals surface area contributed by atoms with E-state index in [1.165, 1.54) is 4.90 Å². The molecule has 0 atom stereocenters. The number of halogens is 2. The highest BCUT2D eigenvalue weighted by Crippen LogP contribution is 2.36. The molecule has 2 fully saturated rings. The molecule has 0 spiro atoms. The van der Waals surface area contributed by atoms with Crippen LogP contribution in [0.25, 0.3) is 16.9 Å². The molecule has 0 N–H and O–H groups in total. The van der Waals surface area contributed by atoms with Crippen LogP contribution >= 0.6 is 0 Å². The molecule has 3 aromatic rings. The van der Waals surface area contributed by atoms with Gasteiger partial charge in [0.2, 0.25) is 0 Å². The Hall–Kier alpha value is -3.30. The Morgan fingerprint density at radius 1 is 1.03 bits per heavy atom. The first kappa shape index (κ1) is 25.4. The number of amides is 1. The Morgan fingerprint density at radius 3 is 2.24 bits per heavy atom. The van der Waals surface area contributed by atoms with Crippen LogP contribution < -0.4 is 4.74 Å². The van der Waals surface area contributed by atoms with E-state index in [9.17, 15) is 4.79 Å². The van der Waals surface area contributed by atoms with Crippen LogP contribution in [0.2, 0.25) is 0 Å². The summed E-state index contributed by atoms with van der Waals surface area (Å²) in [7, 11) is 1.54. The molecule has 198 valence electrons. The second kappa shape index (κ2) is 10.6. The Kier molecular flexibility index (Phi) is 7.26. The largest absolute Gasteiger partial charge is 0.495 e. The molecule has 0 unspecified atom stereocenters. The second-order valence-corrected chi connectivity index (χ2v) is 10.2. The Balaban J connectivity index is 1.41. The number of alkyl halides is 2. The third kappa shape index (κ3) is 5.10. The zero-order valence-corrected chi connectivity index (χ0v) is 21.4. The van der Waals surface area contributed by atoms with E-state index in [-0.39, 0.29) is 17.8 Å². The third-order valence-corrected chi connectivity index (χ3v) is 7.67. The highest BCUT2D eigenvalue weighted by molar-refractivity contribution is 5.82. The fourth-order valence-electron chi connectivity index (χ4n) is 5.74. The Bertz CT molecular complexity index is 1210. The lowest BCUT2D eigenvalue weighted by Crippen LogP contribution is -2.55. The molecular weight excluding hydrogens is 478 g/mol. The third-order valence-electron chi connectivity index (χ3n) is 7.67. The van der Waals surface area contributed by atoms with E-state index in [1.54, 1.807) is 25.6 Å². The van der Waals surface area contributed by atoms with Crippen LogP contribution in [-0.4, -0.2) is 54.5 Å². The summed E-state index contributed by atoms with van der Waals surface area (Å²) in [5.41, 5.74) is 2.41. The van der Waals surface area contributed by atoms with Gasteiger partial charge in [0.15, 0.2) is 0 Å². The van der Waals surface area contributed by atoms with E-state index >= 15 is 8.78 Å². The number of rotatable bonds is 7. The molecule has 1 aromatic carbocycles. The topological polar surface area (TPSA) is 78.1 Å². The smallest absolute Gasteiger partial charge is 0.424 e. The fourth-order valence-corrected chi connectivity index (χ4v) is 5.74.